The lowest BCUT2D eigenvalue weighted by Gasteiger charge is -2.13. The number of benzene rings is 1. The maximum atomic E-state index is 6.18. The Balaban J connectivity index is 2.67. The highest BCUT2D eigenvalue weighted by Gasteiger charge is 2.14. The molecule has 1 aromatic heterocycles. The fraction of sp³-hybridized carbons (Fsp3) is 0.250. The molecule has 0 saturated heterocycles. The van der Waals surface area contributed by atoms with Crippen molar-refractivity contribution in [1.82, 2.24) is 10.2 Å². The van der Waals surface area contributed by atoms with Crippen LogP contribution in [0.3, 0.4) is 0 Å². The molecule has 0 bridgehead atoms. The topological polar surface area (TPSA) is 63.9 Å². The minimum absolute atomic E-state index is 0.454. The molecule has 0 aliphatic rings. The van der Waals surface area contributed by atoms with Gasteiger partial charge in [-0.3, -0.25) is 5.10 Å². The summed E-state index contributed by atoms with van der Waals surface area (Å²) in [4.78, 5) is 0. The van der Waals surface area contributed by atoms with E-state index in [0.29, 0.717) is 10.8 Å². The normalized spacial score (nSPS) is 10.6. The first kappa shape index (κ1) is 11.8. The summed E-state index contributed by atoms with van der Waals surface area (Å²) in [6.45, 7) is 3.91. The van der Waals surface area contributed by atoms with Crippen LogP contribution in [-0.2, 0) is 0 Å². The Kier molecular flexibility index (Phi) is 2.98. The molecule has 0 unspecified atom stereocenters. The van der Waals surface area contributed by atoms with E-state index in [9.17, 15) is 0 Å². The number of rotatable bonds is 2. The van der Waals surface area contributed by atoms with Gasteiger partial charge in [0.15, 0.2) is 0 Å². The van der Waals surface area contributed by atoms with Gasteiger partial charge in [0.25, 0.3) is 0 Å². The Morgan fingerprint density at radius 2 is 2.00 bits per heavy atom. The van der Waals surface area contributed by atoms with Crippen molar-refractivity contribution in [3.8, 4) is 17.0 Å². The first-order chi connectivity index (χ1) is 8.04. The second-order valence-electron chi connectivity index (χ2n) is 3.90. The Morgan fingerprint density at radius 1 is 1.29 bits per heavy atom. The molecule has 1 aromatic carbocycles. The number of nitrogen functional groups attached to an aromatic ring is 1. The van der Waals surface area contributed by atoms with Crippen molar-refractivity contribution in [2.75, 3.05) is 12.8 Å². The molecular formula is C12H14ClN3O. The van der Waals surface area contributed by atoms with E-state index >= 15 is 0 Å². The molecule has 0 saturated carbocycles. The lowest BCUT2D eigenvalue weighted by atomic mass is 10.0. The van der Waals surface area contributed by atoms with E-state index in [0.717, 1.165) is 28.1 Å². The Morgan fingerprint density at radius 3 is 2.53 bits per heavy atom. The van der Waals surface area contributed by atoms with Gasteiger partial charge in [-0.15, -0.1) is 0 Å². The van der Waals surface area contributed by atoms with E-state index < -0.39 is 0 Å². The summed E-state index contributed by atoms with van der Waals surface area (Å²) < 4.78 is 5.38. The van der Waals surface area contributed by atoms with Crippen LogP contribution in [0.1, 0.15) is 11.1 Å². The number of nitrogens with zero attached hydrogens (tertiary/aromatic N) is 1. The molecule has 2 rings (SSSR count). The first-order valence-electron chi connectivity index (χ1n) is 5.19. The fourth-order valence-corrected chi connectivity index (χ4v) is 2.11. The van der Waals surface area contributed by atoms with Crippen molar-refractivity contribution < 1.29 is 4.74 Å². The number of hydrogen-bond acceptors (Lipinski definition) is 3. The van der Waals surface area contributed by atoms with Gasteiger partial charge in [0.2, 0.25) is 0 Å². The van der Waals surface area contributed by atoms with Crippen molar-refractivity contribution in [3.63, 3.8) is 0 Å². The fourth-order valence-electron chi connectivity index (χ4n) is 1.92. The van der Waals surface area contributed by atoms with Crippen molar-refractivity contribution in [1.29, 1.82) is 0 Å². The van der Waals surface area contributed by atoms with E-state index in [4.69, 9.17) is 22.1 Å². The predicted octanol–water partition coefficient (Wildman–Crippen LogP) is 2.94. The maximum absolute atomic E-state index is 6.18. The number of aromatic amines is 1. The Hall–Kier alpha value is -1.68. The van der Waals surface area contributed by atoms with Crippen molar-refractivity contribution in [3.05, 3.63) is 28.3 Å². The molecule has 0 radical (unpaired) electrons. The lowest BCUT2D eigenvalue weighted by molar-refractivity contribution is 0.409. The summed E-state index contributed by atoms with van der Waals surface area (Å²) in [7, 11) is 1.64. The largest absolute Gasteiger partial charge is 0.496 e. The molecule has 17 heavy (non-hydrogen) atoms. The van der Waals surface area contributed by atoms with Crippen LogP contribution in [0, 0.1) is 13.8 Å². The highest BCUT2D eigenvalue weighted by Crippen LogP contribution is 2.36. The predicted molar refractivity (Wildman–Crippen MR) is 69.5 cm³/mol. The second-order valence-corrected chi connectivity index (χ2v) is 4.30. The molecule has 1 heterocycles. The van der Waals surface area contributed by atoms with Crippen molar-refractivity contribution >= 4 is 17.4 Å². The first-order valence-corrected chi connectivity index (χ1v) is 5.57. The van der Waals surface area contributed by atoms with Crippen LogP contribution in [0.5, 0.6) is 5.75 Å². The molecule has 90 valence electrons. The van der Waals surface area contributed by atoms with Gasteiger partial charge in [-0.2, -0.15) is 5.10 Å². The zero-order chi connectivity index (χ0) is 12.6. The second kappa shape index (κ2) is 4.30. The minimum Gasteiger partial charge on any atom is -0.496 e. The van der Waals surface area contributed by atoms with E-state index in [1.54, 1.807) is 13.2 Å². The molecule has 0 aliphatic carbocycles. The third-order valence-corrected chi connectivity index (χ3v) is 3.20. The van der Waals surface area contributed by atoms with Gasteiger partial charge < -0.3 is 10.5 Å². The van der Waals surface area contributed by atoms with E-state index in [1.807, 2.05) is 19.9 Å². The standard InChI is InChI=1S/C12H14ClN3O/c1-6-8(10-5-11(14)16-15-10)4-9(13)7(2)12(6)17-3/h4-5H,1-3H3,(H3,14,15,16). The van der Waals surface area contributed by atoms with E-state index in [1.165, 1.54) is 0 Å². The van der Waals surface area contributed by atoms with Gasteiger partial charge in [-0.25, -0.2) is 0 Å². The molecule has 0 fully saturated rings. The molecule has 4 nitrogen and oxygen atoms in total. The molecule has 0 atom stereocenters. The molecule has 3 N–H and O–H groups in total. The average Bonchev–Trinajstić information content (AvgIpc) is 2.71. The summed E-state index contributed by atoms with van der Waals surface area (Å²) in [6, 6.07) is 3.66. The highest BCUT2D eigenvalue weighted by atomic mass is 35.5. The smallest absolute Gasteiger partial charge is 0.145 e. The molecule has 0 amide bonds. The van der Waals surface area contributed by atoms with Gasteiger partial charge in [-0.1, -0.05) is 11.6 Å². The van der Waals surface area contributed by atoms with Gasteiger partial charge in [0, 0.05) is 27.8 Å². The van der Waals surface area contributed by atoms with Crippen molar-refractivity contribution in [2.24, 2.45) is 0 Å². The number of anilines is 1. The number of methoxy groups -OCH3 is 1. The van der Waals surface area contributed by atoms with Crippen LogP contribution in [0.2, 0.25) is 5.02 Å². The van der Waals surface area contributed by atoms with E-state index in [-0.39, 0.29) is 0 Å². The zero-order valence-electron chi connectivity index (χ0n) is 9.97. The summed E-state index contributed by atoms with van der Waals surface area (Å²) in [5.74, 6) is 1.25. The lowest BCUT2D eigenvalue weighted by Crippen LogP contribution is -1.95. The number of aromatic nitrogens is 2. The van der Waals surface area contributed by atoms with Crippen LogP contribution in [0.4, 0.5) is 5.82 Å². The number of hydrogen-bond donors (Lipinski definition) is 2. The monoisotopic (exact) mass is 251 g/mol. The molecule has 0 spiro atoms. The minimum atomic E-state index is 0.454. The van der Waals surface area contributed by atoms with Crippen LogP contribution in [0.15, 0.2) is 12.1 Å². The van der Waals surface area contributed by atoms with Crippen LogP contribution in [-0.4, -0.2) is 17.3 Å². The highest BCUT2D eigenvalue weighted by molar-refractivity contribution is 6.32. The van der Waals surface area contributed by atoms with Gasteiger partial charge in [0.05, 0.1) is 12.8 Å². The number of H-pyrrole nitrogens is 1. The van der Waals surface area contributed by atoms with Crippen molar-refractivity contribution in [2.45, 2.75) is 13.8 Å². The van der Waals surface area contributed by atoms with Crippen LogP contribution in [0.25, 0.3) is 11.3 Å². The number of nitrogens with two attached hydrogens (primary N) is 1. The average molecular weight is 252 g/mol. The van der Waals surface area contributed by atoms with Gasteiger partial charge in [0.1, 0.15) is 11.6 Å². The van der Waals surface area contributed by atoms with E-state index in [2.05, 4.69) is 10.2 Å². The number of nitrogens with one attached hydrogen (secondary N) is 1. The number of halogens is 1. The number of ether oxygens (including phenoxy) is 1. The summed E-state index contributed by atoms with van der Waals surface area (Å²) in [5.41, 5.74) is 9.32. The molecular weight excluding hydrogens is 238 g/mol. The molecule has 5 heteroatoms. The van der Waals surface area contributed by atoms with Gasteiger partial charge in [-0.05, 0) is 19.9 Å². The SMILES string of the molecule is COc1c(C)c(Cl)cc(-c2cc(N)n[nH]2)c1C. The summed E-state index contributed by atoms with van der Waals surface area (Å²) >= 11 is 6.18. The quantitative estimate of drug-likeness (QED) is 0.863. The molecule has 0 aliphatic heterocycles. The van der Waals surface area contributed by atoms with Crippen LogP contribution < -0.4 is 10.5 Å². The van der Waals surface area contributed by atoms with Gasteiger partial charge >= 0.3 is 0 Å². The Bertz CT molecular complexity index is 563. The van der Waals surface area contributed by atoms with Crippen LogP contribution >= 0.6 is 11.6 Å². The third-order valence-electron chi connectivity index (χ3n) is 2.81. The third kappa shape index (κ3) is 1.96. The maximum Gasteiger partial charge on any atom is 0.145 e. The zero-order valence-corrected chi connectivity index (χ0v) is 10.7. The summed E-state index contributed by atoms with van der Waals surface area (Å²) in [6.07, 6.45) is 0. The summed E-state index contributed by atoms with van der Waals surface area (Å²) in [5, 5.41) is 7.44. The molecule has 2 aromatic rings. The Labute approximate surface area is 105 Å².